The number of hydrogen-bond acceptors (Lipinski definition) is 11. The normalized spacial score (nSPS) is 17.5. The molecule has 0 spiro atoms. The van der Waals surface area contributed by atoms with Crippen molar-refractivity contribution >= 4 is 69.6 Å². The zero-order chi connectivity index (χ0) is 56.3. The van der Waals surface area contributed by atoms with Crippen molar-refractivity contribution in [1.29, 1.82) is 0 Å². The highest BCUT2D eigenvalue weighted by atomic mass is 32.2. The van der Waals surface area contributed by atoms with E-state index in [4.69, 9.17) is 16.4 Å². The van der Waals surface area contributed by atoms with Crippen LogP contribution in [-0.2, 0) is 52.9 Å². The summed E-state index contributed by atoms with van der Waals surface area (Å²) in [6, 6.07) is 9.04. The monoisotopic (exact) mass is 1080 g/mol. The number of carboxylic acid groups (broad SMARTS) is 2. The zero-order valence-electron chi connectivity index (χ0n) is 43.8. The highest BCUT2D eigenvalue weighted by Gasteiger charge is 2.36. The Kier molecular flexibility index (Phi) is 21.4. The van der Waals surface area contributed by atoms with E-state index in [-0.39, 0.29) is 25.2 Å². The van der Waals surface area contributed by atoms with Crippen molar-refractivity contribution in [2.75, 3.05) is 13.1 Å². The van der Waals surface area contributed by atoms with Gasteiger partial charge in [-0.05, 0) is 88.2 Å². The molecule has 8 N–H and O–H groups in total. The van der Waals surface area contributed by atoms with Crippen LogP contribution in [0.1, 0.15) is 95.4 Å². The highest BCUT2D eigenvalue weighted by Crippen LogP contribution is 2.54. The number of azide groups is 1. The van der Waals surface area contributed by atoms with Crippen LogP contribution in [0.25, 0.3) is 26.8 Å². The van der Waals surface area contributed by atoms with Crippen molar-refractivity contribution < 1.29 is 43.8 Å². The van der Waals surface area contributed by atoms with E-state index in [0.29, 0.717) is 44.0 Å². The van der Waals surface area contributed by atoms with Gasteiger partial charge < -0.3 is 37.2 Å². The maximum atomic E-state index is 12.9. The lowest BCUT2D eigenvalue weighted by Gasteiger charge is -2.32. The van der Waals surface area contributed by atoms with Crippen LogP contribution >= 0.6 is 11.8 Å². The first-order chi connectivity index (χ1) is 37.5. The Balaban J connectivity index is 1.04. The quantitative estimate of drug-likeness (QED) is 0.0172. The number of thioether (sulfide) groups is 1. The van der Waals surface area contributed by atoms with Crippen LogP contribution in [-0.4, -0.2) is 97.9 Å². The maximum Gasteiger partial charge on any atom is 0.305 e. The van der Waals surface area contributed by atoms with Crippen LogP contribution in [0.15, 0.2) is 111 Å². The molecule has 6 rings (SSSR count). The number of carboxylic acids is 2. The largest absolute Gasteiger partial charge is 0.481 e. The maximum absolute atomic E-state index is 12.9. The Morgan fingerprint density at radius 1 is 0.987 bits per heavy atom. The lowest BCUT2D eigenvalue weighted by molar-refractivity contribution is -0.141. The molecule has 5 atom stereocenters. The highest BCUT2D eigenvalue weighted by molar-refractivity contribution is 8.07. The van der Waals surface area contributed by atoms with Crippen molar-refractivity contribution in [3.63, 3.8) is 0 Å². The van der Waals surface area contributed by atoms with Crippen LogP contribution in [0.5, 0.6) is 0 Å². The molecule has 0 radical (unpaired) electrons. The molecule has 20 nitrogen and oxygen atoms in total. The molecule has 0 saturated heterocycles. The van der Waals surface area contributed by atoms with E-state index in [9.17, 15) is 38.7 Å². The molecule has 0 fully saturated rings. The molecule has 3 aliphatic rings. The Hall–Kier alpha value is -8.65. The first-order valence-corrected chi connectivity index (χ1v) is 26.5. The number of primary amides is 1. The number of aliphatic carboxylic acids is 2. The molecule has 78 heavy (non-hydrogen) atoms. The molecule has 406 valence electrons. The third kappa shape index (κ3) is 16.2. The molecule has 2 aromatic carbocycles. The van der Waals surface area contributed by atoms with E-state index in [2.05, 4.69) is 146 Å². The minimum Gasteiger partial charge on any atom is -0.481 e. The fourth-order valence-electron chi connectivity index (χ4n) is 9.29. The number of nitrogens with zero attached hydrogens (tertiary/aromatic N) is 6. The lowest BCUT2D eigenvalue weighted by Crippen LogP contribution is -2.54. The molecule has 3 aromatic rings. The van der Waals surface area contributed by atoms with E-state index in [1.807, 2.05) is 0 Å². The van der Waals surface area contributed by atoms with Gasteiger partial charge in [-0.3, -0.25) is 38.2 Å². The van der Waals surface area contributed by atoms with E-state index in [1.165, 1.54) is 60.9 Å². The third-order valence-corrected chi connectivity index (χ3v) is 14.4. The van der Waals surface area contributed by atoms with Gasteiger partial charge in [0.25, 0.3) is 0 Å². The molecule has 0 bridgehead atoms. The fourth-order valence-corrected chi connectivity index (χ4v) is 10.5. The smallest absolute Gasteiger partial charge is 0.305 e. The Bertz CT molecular complexity index is 3210. The predicted molar refractivity (Wildman–Crippen MR) is 296 cm³/mol. The second kappa shape index (κ2) is 28.5. The molecule has 1 unspecified atom stereocenters. The SMILES string of the molecule is C=C(C#CCCN=[N+]=[N-])[C@H]1C=CC2=C(C1)/C(=C1\c3c(ccc4ccccc34)CC1C)C(CC)=C(/C=C\CC#CCCn1cc(CCC(=O)N[C@@H](CC(=O)O)C(=O)NCC(=O)N[C@@H](CCC(=O)O)C(=O)N[C@@H](C)C(N)=O)nn1)S2. The summed E-state index contributed by atoms with van der Waals surface area (Å²) in [7, 11) is 0. The van der Waals surface area contributed by atoms with E-state index >= 15 is 0 Å². The summed E-state index contributed by atoms with van der Waals surface area (Å²) in [5.74, 6) is 6.18. The van der Waals surface area contributed by atoms with E-state index < -0.39 is 79.0 Å². The van der Waals surface area contributed by atoms with Gasteiger partial charge in [-0.15, -0.1) is 11.0 Å². The minimum absolute atomic E-state index is 0.0378. The molecule has 1 aliphatic heterocycles. The summed E-state index contributed by atoms with van der Waals surface area (Å²) in [4.78, 5) is 90.4. The van der Waals surface area contributed by atoms with Gasteiger partial charge in [-0.2, -0.15) is 0 Å². The van der Waals surface area contributed by atoms with E-state index in [1.54, 1.807) is 22.6 Å². The molecule has 1 aromatic heterocycles. The summed E-state index contributed by atoms with van der Waals surface area (Å²) in [5, 5.41) is 42.0. The average Bonchev–Trinajstić information content (AvgIpc) is 4.11. The second-order valence-corrected chi connectivity index (χ2v) is 19.9. The molecular formula is C57H63N11O9S. The van der Waals surface area contributed by atoms with Gasteiger partial charge in [0.05, 0.1) is 25.2 Å². The molecule has 0 saturated carbocycles. The Labute approximate surface area is 456 Å². The van der Waals surface area contributed by atoms with E-state index in [0.717, 1.165) is 24.8 Å². The number of carbonyl (C=O) groups is 7. The average molecular weight is 1080 g/mol. The van der Waals surface area contributed by atoms with Gasteiger partial charge in [0.1, 0.15) is 18.1 Å². The first-order valence-electron chi connectivity index (χ1n) is 25.6. The van der Waals surface area contributed by atoms with Crippen molar-refractivity contribution in [3.8, 4) is 23.7 Å². The number of nitrogens with one attached hydrogen (secondary N) is 4. The molecule has 5 amide bonds. The molecule has 2 heterocycles. The van der Waals surface area contributed by atoms with Crippen LogP contribution in [0, 0.1) is 35.5 Å². The number of fused-ring (bicyclic) bond motifs is 3. The predicted octanol–water partition coefficient (Wildman–Crippen LogP) is 6.27. The number of nitrogens with two attached hydrogens (primary N) is 1. The number of amides is 5. The summed E-state index contributed by atoms with van der Waals surface area (Å²) >= 11 is 1.79. The third-order valence-electron chi connectivity index (χ3n) is 13.2. The minimum atomic E-state index is -1.56. The molecular weight excluding hydrogens is 1010 g/mol. The summed E-state index contributed by atoms with van der Waals surface area (Å²) < 4.78 is 1.61. The van der Waals surface area contributed by atoms with Crippen LogP contribution < -0.4 is 27.0 Å². The van der Waals surface area contributed by atoms with Gasteiger partial charge in [-0.1, -0.05) is 121 Å². The van der Waals surface area contributed by atoms with Crippen molar-refractivity contribution in [2.24, 2.45) is 22.7 Å². The molecule has 21 heteroatoms. The lowest BCUT2D eigenvalue weighted by atomic mass is 9.78. The first kappa shape index (κ1) is 58.6. The van der Waals surface area contributed by atoms with Crippen LogP contribution in [0.4, 0.5) is 0 Å². The number of aryl methyl sites for hydroxylation is 2. The number of benzene rings is 2. The standard InChI is InChI=1S/C57H63N11O9S/c1-5-41-46(78-47-24-21-38(34(2)15-12-13-27-61-66-59)30-43(47)54(41)52-35(3)29-39-20-19-37-16-10-11-17-42(37)53(39)52)18-9-7-6-8-14-28-68-33-40(65-67-68)22-25-48(69)64-45(31-51(73)74)56(76)60-32-49(70)63-44(23-26-50(71)72)57(77)62-36(4)55(58)75/h9-11,16-21,24,33,35-36,38,44-45H,2,5,7,13-14,22-23,25-32H2,1,3-4H3,(H2,58,75)(H,60,76)(H,62,77)(H,63,70)(H,64,69)(H,71,72)(H,73,74)/b18-9-,54-52-/t35?,36-,38-,44-,45-/m0/s1. The number of carbonyl (C=O) groups excluding carboxylic acids is 5. The second-order valence-electron chi connectivity index (χ2n) is 18.9. The summed E-state index contributed by atoms with van der Waals surface area (Å²) in [6.07, 6.45) is 12.7. The van der Waals surface area contributed by atoms with Gasteiger partial charge in [0.15, 0.2) is 0 Å². The van der Waals surface area contributed by atoms with Crippen LogP contribution in [0.3, 0.4) is 0 Å². The van der Waals surface area contributed by atoms with Gasteiger partial charge in [-0.25, -0.2) is 0 Å². The summed E-state index contributed by atoms with van der Waals surface area (Å²) in [5.41, 5.74) is 23.2. The van der Waals surface area contributed by atoms with Gasteiger partial charge in [0, 0.05) is 77.5 Å². The topological polar surface area (TPSA) is 314 Å². The number of aromatic nitrogens is 3. The number of allylic oxidation sites excluding steroid dienone is 9. The summed E-state index contributed by atoms with van der Waals surface area (Å²) in [6.45, 7) is 10.2. The number of hydrogen-bond donors (Lipinski definition) is 7. The Morgan fingerprint density at radius 2 is 1.77 bits per heavy atom. The van der Waals surface area contributed by atoms with Gasteiger partial charge >= 0.3 is 11.9 Å². The fraction of sp³-hybridized carbons (Fsp3) is 0.386. The van der Waals surface area contributed by atoms with Crippen LogP contribution in [0.2, 0.25) is 0 Å². The van der Waals surface area contributed by atoms with Crippen molar-refractivity contribution in [2.45, 2.75) is 116 Å². The van der Waals surface area contributed by atoms with Crippen molar-refractivity contribution in [1.82, 2.24) is 36.3 Å². The molecule has 2 aliphatic carbocycles. The van der Waals surface area contributed by atoms with Crippen molar-refractivity contribution in [3.05, 3.63) is 133 Å². The number of rotatable bonds is 24. The Morgan fingerprint density at radius 3 is 2.51 bits per heavy atom. The van der Waals surface area contributed by atoms with Gasteiger partial charge in [0.2, 0.25) is 29.5 Å². The zero-order valence-corrected chi connectivity index (χ0v) is 44.6.